The zero-order valence-corrected chi connectivity index (χ0v) is 8.74. The number of hydrogen-bond donors (Lipinski definition) is 1. The molecule has 2 N–H and O–H groups in total. The SMILES string of the molecule is Cl.Cl.Nc1cnc2ccc(F)cc2c1. The molecule has 0 bridgehead atoms. The quantitative estimate of drug-likeness (QED) is 0.762. The number of anilines is 1. The fourth-order valence-corrected chi connectivity index (χ4v) is 1.12. The molecule has 1 aromatic carbocycles. The number of nitrogens with two attached hydrogens (primary N) is 1. The van der Waals surface area contributed by atoms with Crippen LogP contribution in [0.1, 0.15) is 0 Å². The molecule has 0 atom stereocenters. The Hall–Kier alpha value is -1.06. The van der Waals surface area contributed by atoms with Crippen LogP contribution in [-0.4, -0.2) is 4.98 Å². The minimum Gasteiger partial charge on any atom is -0.397 e. The van der Waals surface area contributed by atoms with Crippen LogP contribution in [0.5, 0.6) is 0 Å². The van der Waals surface area contributed by atoms with Crippen molar-refractivity contribution in [3.63, 3.8) is 0 Å². The van der Waals surface area contributed by atoms with Crippen LogP contribution < -0.4 is 5.73 Å². The van der Waals surface area contributed by atoms with Crippen molar-refractivity contribution in [3.8, 4) is 0 Å². The number of halogens is 3. The number of nitrogen functional groups attached to an aromatic ring is 1. The molecule has 0 saturated heterocycles. The Morgan fingerprint density at radius 2 is 1.86 bits per heavy atom. The molecule has 0 amide bonds. The number of hydrogen-bond acceptors (Lipinski definition) is 2. The average Bonchev–Trinajstić information content (AvgIpc) is 2.03. The minimum atomic E-state index is -0.269. The molecular formula is C9H9Cl2FN2. The molecule has 2 aromatic rings. The molecule has 0 unspecified atom stereocenters. The van der Waals surface area contributed by atoms with Crippen LogP contribution >= 0.6 is 24.8 Å². The zero-order chi connectivity index (χ0) is 8.55. The van der Waals surface area contributed by atoms with Gasteiger partial charge in [-0.05, 0) is 24.3 Å². The van der Waals surface area contributed by atoms with Crippen LogP contribution in [0, 0.1) is 5.82 Å². The van der Waals surface area contributed by atoms with Crippen molar-refractivity contribution in [3.05, 3.63) is 36.3 Å². The second-order valence-corrected chi connectivity index (χ2v) is 2.61. The molecule has 2 rings (SSSR count). The monoisotopic (exact) mass is 234 g/mol. The van der Waals surface area contributed by atoms with Gasteiger partial charge in [-0.3, -0.25) is 4.98 Å². The predicted molar refractivity (Wildman–Crippen MR) is 60.6 cm³/mol. The summed E-state index contributed by atoms with van der Waals surface area (Å²) in [6, 6.07) is 6.12. The van der Waals surface area contributed by atoms with Crippen molar-refractivity contribution in [1.29, 1.82) is 0 Å². The largest absolute Gasteiger partial charge is 0.397 e. The molecule has 0 aliphatic rings. The Kier molecular flexibility index (Phi) is 4.60. The van der Waals surface area contributed by atoms with Crippen molar-refractivity contribution >= 4 is 41.4 Å². The second kappa shape index (κ2) is 4.98. The molecule has 0 saturated carbocycles. The van der Waals surface area contributed by atoms with Gasteiger partial charge in [0.1, 0.15) is 5.82 Å². The summed E-state index contributed by atoms with van der Waals surface area (Å²) in [6.07, 6.45) is 1.56. The molecule has 14 heavy (non-hydrogen) atoms. The van der Waals surface area contributed by atoms with Crippen molar-refractivity contribution in [2.24, 2.45) is 0 Å². The van der Waals surface area contributed by atoms with Crippen molar-refractivity contribution < 1.29 is 4.39 Å². The summed E-state index contributed by atoms with van der Waals surface area (Å²) < 4.78 is 12.7. The molecule has 0 aliphatic heterocycles. The van der Waals surface area contributed by atoms with E-state index in [0.717, 1.165) is 10.9 Å². The fourth-order valence-electron chi connectivity index (χ4n) is 1.12. The van der Waals surface area contributed by atoms with Gasteiger partial charge in [0, 0.05) is 5.39 Å². The molecule has 1 heterocycles. The van der Waals surface area contributed by atoms with Crippen molar-refractivity contribution in [1.82, 2.24) is 4.98 Å². The maximum Gasteiger partial charge on any atom is 0.123 e. The molecule has 2 nitrogen and oxygen atoms in total. The molecule has 0 radical (unpaired) electrons. The standard InChI is InChI=1S/C9H7FN2.2ClH/c10-7-1-2-9-6(3-7)4-8(11)5-12-9;;/h1-5H,11H2;2*1H. The third kappa shape index (κ3) is 2.47. The van der Waals surface area contributed by atoms with Gasteiger partial charge in [-0.15, -0.1) is 24.8 Å². The van der Waals surface area contributed by atoms with E-state index < -0.39 is 0 Å². The van der Waals surface area contributed by atoms with E-state index >= 15 is 0 Å². The fraction of sp³-hybridized carbons (Fsp3) is 0. The maximum atomic E-state index is 12.7. The summed E-state index contributed by atoms with van der Waals surface area (Å²) in [5, 5.41) is 0.731. The minimum absolute atomic E-state index is 0. The van der Waals surface area contributed by atoms with Gasteiger partial charge >= 0.3 is 0 Å². The topological polar surface area (TPSA) is 38.9 Å². The molecular weight excluding hydrogens is 226 g/mol. The third-order valence-corrected chi connectivity index (χ3v) is 1.66. The van der Waals surface area contributed by atoms with Crippen LogP contribution in [0.15, 0.2) is 30.5 Å². The van der Waals surface area contributed by atoms with Crippen LogP contribution in [0.3, 0.4) is 0 Å². The number of nitrogens with zero attached hydrogens (tertiary/aromatic N) is 1. The van der Waals surface area contributed by atoms with Gasteiger partial charge < -0.3 is 5.73 Å². The summed E-state index contributed by atoms with van der Waals surface area (Å²) in [5.41, 5.74) is 6.79. The average molecular weight is 235 g/mol. The molecule has 0 aliphatic carbocycles. The van der Waals surface area contributed by atoms with Crippen LogP contribution in [-0.2, 0) is 0 Å². The lowest BCUT2D eigenvalue weighted by molar-refractivity contribution is 0.629. The van der Waals surface area contributed by atoms with Gasteiger partial charge in [-0.1, -0.05) is 0 Å². The van der Waals surface area contributed by atoms with Crippen molar-refractivity contribution in [2.45, 2.75) is 0 Å². The van der Waals surface area contributed by atoms with Gasteiger partial charge in [0.15, 0.2) is 0 Å². The number of fused-ring (bicyclic) bond motifs is 1. The highest BCUT2D eigenvalue weighted by Crippen LogP contribution is 2.15. The summed E-state index contributed by atoms with van der Waals surface area (Å²) in [6.45, 7) is 0. The maximum absolute atomic E-state index is 12.7. The first kappa shape index (κ1) is 12.9. The highest BCUT2D eigenvalue weighted by molar-refractivity contribution is 5.85. The van der Waals surface area contributed by atoms with E-state index in [1.807, 2.05) is 0 Å². The predicted octanol–water partition coefficient (Wildman–Crippen LogP) is 2.80. The van der Waals surface area contributed by atoms with Crippen LogP contribution in [0.2, 0.25) is 0 Å². The first-order valence-corrected chi connectivity index (χ1v) is 3.56. The number of rotatable bonds is 0. The van der Waals surface area contributed by atoms with E-state index in [-0.39, 0.29) is 30.6 Å². The smallest absolute Gasteiger partial charge is 0.123 e. The molecule has 1 aromatic heterocycles. The van der Waals surface area contributed by atoms with Gasteiger partial charge in [-0.25, -0.2) is 4.39 Å². The Morgan fingerprint density at radius 3 is 2.57 bits per heavy atom. The number of aromatic nitrogens is 1. The first-order valence-electron chi connectivity index (χ1n) is 3.56. The van der Waals surface area contributed by atoms with E-state index in [9.17, 15) is 4.39 Å². The van der Waals surface area contributed by atoms with Gasteiger partial charge in [-0.2, -0.15) is 0 Å². The van der Waals surface area contributed by atoms with Crippen molar-refractivity contribution in [2.75, 3.05) is 5.73 Å². The van der Waals surface area contributed by atoms with Crippen LogP contribution in [0.25, 0.3) is 10.9 Å². The lowest BCUT2D eigenvalue weighted by Gasteiger charge is -1.97. The van der Waals surface area contributed by atoms with E-state index in [1.165, 1.54) is 12.1 Å². The van der Waals surface area contributed by atoms with E-state index in [4.69, 9.17) is 5.73 Å². The summed E-state index contributed by atoms with van der Waals surface area (Å²) in [5.74, 6) is -0.269. The Morgan fingerprint density at radius 1 is 1.14 bits per heavy atom. The summed E-state index contributed by atoms with van der Waals surface area (Å²) >= 11 is 0. The normalized spacial score (nSPS) is 8.93. The third-order valence-electron chi connectivity index (χ3n) is 1.66. The number of benzene rings is 1. The highest BCUT2D eigenvalue weighted by Gasteiger charge is 1.96. The number of pyridine rings is 1. The molecule has 0 fully saturated rings. The Bertz CT molecular complexity index is 397. The lowest BCUT2D eigenvalue weighted by atomic mass is 10.2. The summed E-state index contributed by atoms with van der Waals surface area (Å²) in [4.78, 5) is 4.03. The van der Waals surface area contributed by atoms with Gasteiger partial charge in [0.05, 0.1) is 17.4 Å². The van der Waals surface area contributed by atoms with Gasteiger partial charge in [0.2, 0.25) is 0 Å². The Labute approximate surface area is 93.1 Å². The van der Waals surface area contributed by atoms with E-state index in [2.05, 4.69) is 4.98 Å². The van der Waals surface area contributed by atoms with E-state index in [0.29, 0.717) is 5.69 Å². The zero-order valence-electron chi connectivity index (χ0n) is 7.11. The molecule has 76 valence electrons. The first-order chi connectivity index (χ1) is 5.75. The van der Waals surface area contributed by atoms with Gasteiger partial charge in [0.25, 0.3) is 0 Å². The molecule has 5 heteroatoms. The lowest BCUT2D eigenvalue weighted by Crippen LogP contribution is -1.87. The molecule has 0 spiro atoms. The Balaban J connectivity index is 0.000000845. The summed E-state index contributed by atoms with van der Waals surface area (Å²) in [7, 11) is 0. The highest BCUT2D eigenvalue weighted by atomic mass is 35.5. The van der Waals surface area contributed by atoms with Crippen LogP contribution in [0.4, 0.5) is 10.1 Å². The van der Waals surface area contributed by atoms with E-state index in [1.54, 1.807) is 18.3 Å². The second-order valence-electron chi connectivity index (χ2n) is 2.61.